The topological polar surface area (TPSA) is 76.5 Å². The van der Waals surface area contributed by atoms with E-state index in [0.29, 0.717) is 48.8 Å². The standard InChI is InChI=1S/C21H27ClN4O3/c1-15-23-9-13-25(15)10-3-8-24-20(27)16-6-11-26(12-7-16)21(28)18-14-17(22)4-5-19(18)29-2/h4-5,9,13-14,16H,3,6-8,10-12H2,1-2H3,(H,24,27). The van der Waals surface area contributed by atoms with Crippen molar-refractivity contribution in [1.29, 1.82) is 0 Å². The molecule has 1 saturated heterocycles. The normalized spacial score (nSPS) is 14.7. The number of carbonyl (C=O) groups excluding carboxylic acids is 2. The Hall–Kier alpha value is -2.54. The molecule has 0 aliphatic carbocycles. The summed E-state index contributed by atoms with van der Waals surface area (Å²) < 4.78 is 7.35. The molecule has 1 aromatic carbocycles. The fourth-order valence-electron chi connectivity index (χ4n) is 3.61. The van der Waals surface area contributed by atoms with Crippen molar-refractivity contribution in [3.05, 3.63) is 47.0 Å². The number of hydrogen-bond acceptors (Lipinski definition) is 4. The summed E-state index contributed by atoms with van der Waals surface area (Å²) in [6.45, 7) is 4.52. The van der Waals surface area contributed by atoms with Crippen LogP contribution in [0.2, 0.25) is 5.02 Å². The molecule has 1 fully saturated rings. The maximum atomic E-state index is 12.8. The van der Waals surface area contributed by atoms with Gasteiger partial charge in [0.05, 0.1) is 12.7 Å². The van der Waals surface area contributed by atoms with E-state index < -0.39 is 0 Å². The third-order valence-electron chi connectivity index (χ3n) is 5.34. The lowest BCUT2D eigenvalue weighted by Crippen LogP contribution is -2.43. The zero-order chi connectivity index (χ0) is 20.8. The van der Waals surface area contributed by atoms with E-state index >= 15 is 0 Å². The Morgan fingerprint density at radius 3 is 2.72 bits per heavy atom. The smallest absolute Gasteiger partial charge is 0.257 e. The molecule has 0 saturated carbocycles. The number of halogens is 1. The third-order valence-corrected chi connectivity index (χ3v) is 5.58. The van der Waals surface area contributed by atoms with Gasteiger partial charge in [0.1, 0.15) is 11.6 Å². The fraction of sp³-hybridized carbons (Fsp3) is 0.476. The monoisotopic (exact) mass is 418 g/mol. The molecule has 2 heterocycles. The number of imidazole rings is 1. The van der Waals surface area contributed by atoms with Crippen molar-refractivity contribution in [3.63, 3.8) is 0 Å². The van der Waals surface area contributed by atoms with Crippen molar-refractivity contribution in [2.75, 3.05) is 26.7 Å². The van der Waals surface area contributed by atoms with Gasteiger partial charge >= 0.3 is 0 Å². The summed E-state index contributed by atoms with van der Waals surface area (Å²) in [6, 6.07) is 5.02. The average molecular weight is 419 g/mol. The molecule has 0 atom stereocenters. The lowest BCUT2D eigenvalue weighted by molar-refractivity contribution is -0.126. The second kappa shape index (κ2) is 9.78. The first-order chi connectivity index (χ1) is 14.0. The van der Waals surface area contributed by atoms with E-state index in [-0.39, 0.29) is 17.7 Å². The molecule has 29 heavy (non-hydrogen) atoms. The molecule has 0 spiro atoms. The molecular weight excluding hydrogens is 392 g/mol. The zero-order valence-electron chi connectivity index (χ0n) is 16.9. The summed E-state index contributed by atoms with van der Waals surface area (Å²) in [5.41, 5.74) is 0.456. The summed E-state index contributed by atoms with van der Waals surface area (Å²) in [7, 11) is 1.53. The van der Waals surface area contributed by atoms with Gasteiger partial charge in [0.15, 0.2) is 0 Å². The minimum absolute atomic E-state index is 0.0599. The van der Waals surface area contributed by atoms with Crippen LogP contribution in [-0.2, 0) is 11.3 Å². The van der Waals surface area contributed by atoms with Crippen LogP contribution in [0.3, 0.4) is 0 Å². The number of aromatic nitrogens is 2. The number of likely N-dealkylation sites (tertiary alicyclic amines) is 1. The Labute approximate surface area is 176 Å². The maximum Gasteiger partial charge on any atom is 0.257 e. The highest BCUT2D eigenvalue weighted by Crippen LogP contribution is 2.26. The molecule has 1 N–H and O–H groups in total. The van der Waals surface area contributed by atoms with Crippen molar-refractivity contribution >= 4 is 23.4 Å². The number of nitrogens with zero attached hydrogens (tertiary/aromatic N) is 3. The molecule has 1 aliphatic heterocycles. The van der Waals surface area contributed by atoms with Crippen LogP contribution in [0.15, 0.2) is 30.6 Å². The second-order valence-corrected chi connectivity index (χ2v) is 7.66. The van der Waals surface area contributed by atoms with Gasteiger partial charge in [-0.3, -0.25) is 9.59 Å². The highest BCUT2D eigenvalue weighted by molar-refractivity contribution is 6.31. The van der Waals surface area contributed by atoms with Crippen molar-refractivity contribution in [2.45, 2.75) is 32.7 Å². The van der Waals surface area contributed by atoms with Gasteiger partial charge in [-0.25, -0.2) is 4.98 Å². The largest absolute Gasteiger partial charge is 0.496 e. The van der Waals surface area contributed by atoms with Gasteiger partial charge in [-0.1, -0.05) is 11.6 Å². The Morgan fingerprint density at radius 1 is 1.31 bits per heavy atom. The van der Waals surface area contributed by atoms with E-state index in [4.69, 9.17) is 16.3 Å². The molecule has 2 aromatic rings. The van der Waals surface area contributed by atoms with Crippen LogP contribution < -0.4 is 10.1 Å². The van der Waals surface area contributed by atoms with Gasteiger partial charge in [0.2, 0.25) is 5.91 Å². The molecule has 0 bridgehead atoms. The van der Waals surface area contributed by atoms with Crippen LogP contribution in [-0.4, -0.2) is 53.0 Å². The maximum absolute atomic E-state index is 12.8. The first kappa shape index (κ1) is 21.2. The minimum atomic E-state index is -0.112. The number of ether oxygens (including phenoxy) is 1. The number of aryl methyl sites for hydroxylation is 2. The molecule has 2 amide bonds. The van der Waals surface area contributed by atoms with E-state index in [0.717, 1.165) is 18.8 Å². The van der Waals surface area contributed by atoms with Crippen molar-refractivity contribution in [2.24, 2.45) is 5.92 Å². The van der Waals surface area contributed by atoms with E-state index in [1.807, 2.05) is 13.1 Å². The van der Waals surface area contributed by atoms with E-state index in [1.165, 1.54) is 7.11 Å². The highest BCUT2D eigenvalue weighted by Gasteiger charge is 2.28. The van der Waals surface area contributed by atoms with E-state index in [2.05, 4.69) is 14.9 Å². The van der Waals surface area contributed by atoms with Gasteiger partial charge in [-0.05, 0) is 44.4 Å². The Bertz CT molecular complexity index is 859. The molecule has 3 rings (SSSR count). The first-order valence-electron chi connectivity index (χ1n) is 9.88. The summed E-state index contributed by atoms with van der Waals surface area (Å²) in [4.78, 5) is 31.2. The van der Waals surface area contributed by atoms with Gasteiger partial charge in [-0.15, -0.1) is 0 Å². The lowest BCUT2D eigenvalue weighted by atomic mass is 9.95. The number of benzene rings is 1. The Kier molecular flexibility index (Phi) is 7.14. The van der Waals surface area contributed by atoms with Crippen LogP contribution in [0.1, 0.15) is 35.4 Å². The van der Waals surface area contributed by atoms with Gasteiger partial charge in [-0.2, -0.15) is 0 Å². The number of carbonyl (C=O) groups is 2. The third kappa shape index (κ3) is 5.29. The summed E-state index contributed by atoms with van der Waals surface area (Å²) in [6.07, 6.45) is 5.89. The van der Waals surface area contributed by atoms with Crippen molar-refractivity contribution in [3.8, 4) is 5.75 Å². The van der Waals surface area contributed by atoms with Crippen molar-refractivity contribution in [1.82, 2.24) is 19.8 Å². The fourth-order valence-corrected chi connectivity index (χ4v) is 3.78. The average Bonchev–Trinajstić information content (AvgIpc) is 3.15. The molecule has 1 aliphatic rings. The lowest BCUT2D eigenvalue weighted by Gasteiger charge is -2.31. The predicted molar refractivity (Wildman–Crippen MR) is 111 cm³/mol. The molecule has 1 aromatic heterocycles. The van der Waals surface area contributed by atoms with Gasteiger partial charge < -0.3 is 19.5 Å². The predicted octanol–water partition coefficient (Wildman–Crippen LogP) is 2.91. The van der Waals surface area contributed by atoms with Crippen LogP contribution in [0.4, 0.5) is 0 Å². The number of hydrogen-bond donors (Lipinski definition) is 1. The molecule has 8 heteroatoms. The molecular formula is C21H27ClN4O3. The second-order valence-electron chi connectivity index (χ2n) is 7.22. The molecule has 156 valence electrons. The van der Waals surface area contributed by atoms with Crippen LogP contribution in [0.25, 0.3) is 0 Å². The zero-order valence-corrected chi connectivity index (χ0v) is 17.6. The van der Waals surface area contributed by atoms with Crippen LogP contribution >= 0.6 is 11.6 Å². The number of methoxy groups -OCH3 is 1. The Balaban J connectivity index is 1.45. The first-order valence-corrected chi connectivity index (χ1v) is 10.3. The molecule has 0 unspecified atom stereocenters. The highest BCUT2D eigenvalue weighted by atomic mass is 35.5. The van der Waals surface area contributed by atoms with E-state index in [9.17, 15) is 9.59 Å². The van der Waals surface area contributed by atoms with Gasteiger partial charge in [0, 0.05) is 49.5 Å². The molecule has 0 radical (unpaired) electrons. The number of nitrogens with one attached hydrogen (secondary N) is 1. The quantitative estimate of drug-likeness (QED) is 0.701. The minimum Gasteiger partial charge on any atom is -0.496 e. The number of rotatable bonds is 7. The summed E-state index contributed by atoms with van der Waals surface area (Å²) in [5, 5.41) is 3.52. The summed E-state index contributed by atoms with van der Waals surface area (Å²) >= 11 is 6.04. The number of piperidine rings is 1. The number of amides is 2. The van der Waals surface area contributed by atoms with Crippen molar-refractivity contribution < 1.29 is 14.3 Å². The molecule has 7 nitrogen and oxygen atoms in total. The van der Waals surface area contributed by atoms with Crippen LogP contribution in [0, 0.1) is 12.8 Å². The Morgan fingerprint density at radius 2 is 2.07 bits per heavy atom. The summed E-state index contributed by atoms with van der Waals surface area (Å²) in [5.74, 6) is 1.38. The van der Waals surface area contributed by atoms with Crippen LogP contribution in [0.5, 0.6) is 5.75 Å². The SMILES string of the molecule is COc1ccc(Cl)cc1C(=O)N1CCC(C(=O)NCCCn2ccnc2C)CC1. The van der Waals surface area contributed by atoms with Gasteiger partial charge in [0.25, 0.3) is 5.91 Å². The van der Waals surface area contributed by atoms with E-state index in [1.54, 1.807) is 29.3 Å².